The summed E-state index contributed by atoms with van der Waals surface area (Å²) < 4.78 is 12.3. The van der Waals surface area contributed by atoms with Gasteiger partial charge in [0.05, 0.1) is 18.5 Å². The maximum atomic E-state index is 5.61. The summed E-state index contributed by atoms with van der Waals surface area (Å²) in [4.78, 5) is 4.54. The van der Waals surface area contributed by atoms with Gasteiger partial charge in [-0.3, -0.25) is 0 Å². The summed E-state index contributed by atoms with van der Waals surface area (Å²) in [5.41, 5.74) is 2.71. The van der Waals surface area contributed by atoms with Gasteiger partial charge in [-0.15, -0.1) is 0 Å². The van der Waals surface area contributed by atoms with E-state index in [1.54, 1.807) is 17.8 Å². The quantitative estimate of drug-likeness (QED) is 0.667. The van der Waals surface area contributed by atoms with Gasteiger partial charge in [-0.05, 0) is 24.3 Å². The predicted molar refractivity (Wildman–Crippen MR) is 75.8 cm³/mol. The topological polar surface area (TPSA) is 48.7 Å². The van der Waals surface area contributed by atoms with Crippen molar-refractivity contribution in [3.8, 4) is 17.0 Å². The van der Waals surface area contributed by atoms with Crippen LogP contribution in [0.25, 0.3) is 16.9 Å². The molecule has 5 nitrogen and oxygen atoms in total. The first-order valence-electron chi connectivity index (χ1n) is 6.39. The Kier molecular flexibility index (Phi) is 3.60. The van der Waals surface area contributed by atoms with Crippen LogP contribution in [0.3, 0.4) is 0 Å². The Hall–Kier alpha value is -2.40. The fourth-order valence-corrected chi connectivity index (χ4v) is 1.96. The van der Waals surface area contributed by atoms with Gasteiger partial charge in [0.2, 0.25) is 0 Å². The lowest BCUT2D eigenvalue weighted by Gasteiger charge is -2.06. The molecule has 0 aliphatic heterocycles. The lowest BCUT2D eigenvalue weighted by Crippen LogP contribution is -2.04. The number of hydrogen-bond donors (Lipinski definition) is 0. The maximum absolute atomic E-state index is 5.61. The molecule has 0 bridgehead atoms. The number of aromatic nitrogens is 3. The van der Waals surface area contributed by atoms with E-state index >= 15 is 0 Å². The Bertz CT molecular complexity index is 676. The molecule has 0 spiro atoms. The number of methoxy groups -OCH3 is 1. The van der Waals surface area contributed by atoms with Gasteiger partial charge in [-0.25, -0.2) is 9.50 Å². The van der Waals surface area contributed by atoms with Gasteiger partial charge in [0.25, 0.3) is 0 Å². The van der Waals surface area contributed by atoms with E-state index in [4.69, 9.17) is 9.47 Å². The average molecular weight is 269 g/mol. The summed E-state index contributed by atoms with van der Waals surface area (Å²) in [6.45, 7) is 1.11. The fourth-order valence-electron chi connectivity index (χ4n) is 1.96. The van der Waals surface area contributed by atoms with Gasteiger partial charge >= 0.3 is 0 Å². The van der Waals surface area contributed by atoms with Gasteiger partial charge in [0, 0.05) is 18.9 Å². The zero-order chi connectivity index (χ0) is 13.8. The van der Waals surface area contributed by atoms with Crippen molar-refractivity contribution < 1.29 is 9.47 Å². The zero-order valence-corrected chi connectivity index (χ0v) is 11.2. The molecule has 2 aromatic heterocycles. The van der Waals surface area contributed by atoms with Crippen LogP contribution in [0.15, 0.2) is 48.8 Å². The van der Waals surface area contributed by atoms with E-state index in [0.29, 0.717) is 13.2 Å². The van der Waals surface area contributed by atoms with Crippen LogP contribution in [0.1, 0.15) is 0 Å². The molecule has 0 fully saturated rings. The van der Waals surface area contributed by atoms with E-state index in [9.17, 15) is 0 Å². The molecule has 0 radical (unpaired) electrons. The van der Waals surface area contributed by atoms with Crippen LogP contribution in [-0.2, 0) is 4.74 Å². The number of benzene rings is 1. The van der Waals surface area contributed by atoms with Crippen molar-refractivity contribution in [3.05, 3.63) is 48.8 Å². The van der Waals surface area contributed by atoms with Crippen LogP contribution in [0.2, 0.25) is 0 Å². The number of nitrogens with zero attached hydrogens (tertiary/aromatic N) is 3. The Morgan fingerprint density at radius 1 is 1.15 bits per heavy atom. The molecule has 0 atom stereocenters. The smallest absolute Gasteiger partial charge is 0.154 e. The van der Waals surface area contributed by atoms with E-state index in [1.807, 2.05) is 42.6 Å². The third-order valence-electron chi connectivity index (χ3n) is 2.92. The summed E-state index contributed by atoms with van der Waals surface area (Å²) in [6, 6.07) is 11.6. The maximum Gasteiger partial charge on any atom is 0.154 e. The normalized spacial score (nSPS) is 10.8. The third kappa shape index (κ3) is 2.62. The molecular formula is C15H15N3O2. The van der Waals surface area contributed by atoms with Crippen LogP contribution < -0.4 is 4.74 Å². The minimum atomic E-state index is 0.534. The SMILES string of the molecule is COCCOc1cccc(-c2cn3ncccc3n2)c1. The number of rotatable bonds is 5. The van der Waals surface area contributed by atoms with Gasteiger partial charge in [-0.2, -0.15) is 5.10 Å². The van der Waals surface area contributed by atoms with E-state index in [2.05, 4.69) is 10.1 Å². The molecular weight excluding hydrogens is 254 g/mol. The van der Waals surface area contributed by atoms with Crippen LogP contribution in [0.5, 0.6) is 5.75 Å². The Balaban J connectivity index is 1.87. The number of ether oxygens (including phenoxy) is 2. The summed E-state index contributed by atoms with van der Waals surface area (Å²) in [6.07, 6.45) is 3.65. The van der Waals surface area contributed by atoms with Gasteiger partial charge in [-0.1, -0.05) is 12.1 Å². The largest absolute Gasteiger partial charge is 0.491 e. The second kappa shape index (κ2) is 5.71. The molecule has 0 N–H and O–H groups in total. The van der Waals surface area contributed by atoms with E-state index in [1.165, 1.54) is 0 Å². The highest BCUT2D eigenvalue weighted by molar-refractivity contribution is 5.63. The summed E-state index contributed by atoms with van der Waals surface area (Å²) in [5, 5.41) is 4.22. The van der Waals surface area contributed by atoms with Crippen molar-refractivity contribution in [1.29, 1.82) is 0 Å². The predicted octanol–water partition coefficient (Wildman–Crippen LogP) is 2.42. The van der Waals surface area contributed by atoms with Crippen molar-refractivity contribution in [2.45, 2.75) is 0 Å². The molecule has 0 amide bonds. The van der Waals surface area contributed by atoms with Crippen molar-refractivity contribution in [3.63, 3.8) is 0 Å². The highest BCUT2D eigenvalue weighted by atomic mass is 16.5. The fraction of sp³-hybridized carbons (Fsp3) is 0.200. The van der Waals surface area contributed by atoms with E-state index in [-0.39, 0.29) is 0 Å². The second-order valence-corrected chi connectivity index (χ2v) is 4.32. The average Bonchev–Trinajstić information content (AvgIpc) is 2.92. The molecule has 0 saturated heterocycles. The van der Waals surface area contributed by atoms with Crippen LogP contribution in [-0.4, -0.2) is 34.9 Å². The minimum absolute atomic E-state index is 0.534. The highest BCUT2D eigenvalue weighted by Crippen LogP contribution is 2.23. The molecule has 102 valence electrons. The van der Waals surface area contributed by atoms with Crippen LogP contribution in [0.4, 0.5) is 0 Å². The highest BCUT2D eigenvalue weighted by Gasteiger charge is 2.05. The molecule has 20 heavy (non-hydrogen) atoms. The van der Waals surface area contributed by atoms with Crippen molar-refractivity contribution in [2.24, 2.45) is 0 Å². The monoisotopic (exact) mass is 269 g/mol. The molecule has 3 rings (SSSR count). The summed E-state index contributed by atoms with van der Waals surface area (Å²) in [7, 11) is 1.66. The Morgan fingerprint density at radius 3 is 2.95 bits per heavy atom. The first kappa shape index (κ1) is 12.6. The van der Waals surface area contributed by atoms with E-state index in [0.717, 1.165) is 22.7 Å². The van der Waals surface area contributed by atoms with Gasteiger partial charge in [0.1, 0.15) is 12.4 Å². The first-order valence-corrected chi connectivity index (χ1v) is 6.39. The molecule has 1 aromatic carbocycles. The zero-order valence-electron chi connectivity index (χ0n) is 11.2. The molecule has 0 aliphatic carbocycles. The van der Waals surface area contributed by atoms with E-state index < -0.39 is 0 Å². The second-order valence-electron chi connectivity index (χ2n) is 4.32. The number of hydrogen-bond acceptors (Lipinski definition) is 4. The summed E-state index contributed by atoms with van der Waals surface area (Å²) in [5.74, 6) is 0.810. The van der Waals surface area contributed by atoms with Crippen LogP contribution in [0, 0.1) is 0 Å². The minimum Gasteiger partial charge on any atom is -0.491 e. The number of fused-ring (bicyclic) bond motifs is 1. The van der Waals surface area contributed by atoms with Crippen LogP contribution >= 0.6 is 0 Å². The molecule has 0 aliphatic rings. The summed E-state index contributed by atoms with van der Waals surface area (Å²) >= 11 is 0. The Labute approximate surface area is 116 Å². The van der Waals surface area contributed by atoms with Gasteiger partial charge < -0.3 is 9.47 Å². The number of imidazole rings is 1. The molecule has 0 unspecified atom stereocenters. The third-order valence-corrected chi connectivity index (χ3v) is 2.92. The standard InChI is InChI=1S/C15H15N3O2/c1-19-8-9-20-13-5-2-4-12(10-13)14-11-18-15(17-14)6-3-7-16-18/h2-7,10-11H,8-9H2,1H3. The Morgan fingerprint density at radius 2 is 2.10 bits per heavy atom. The molecule has 0 saturated carbocycles. The molecule has 2 heterocycles. The lowest BCUT2D eigenvalue weighted by molar-refractivity contribution is 0.146. The first-order chi connectivity index (χ1) is 9.86. The lowest BCUT2D eigenvalue weighted by atomic mass is 10.1. The van der Waals surface area contributed by atoms with Crippen molar-refractivity contribution in [1.82, 2.24) is 14.6 Å². The molecule has 5 heteroatoms. The molecule has 3 aromatic rings. The van der Waals surface area contributed by atoms with Crippen molar-refractivity contribution in [2.75, 3.05) is 20.3 Å². The van der Waals surface area contributed by atoms with Gasteiger partial charge in [0.15, 0.2) is 5.65 Å². The van der Waals surface area contributed by atoms with Crippen molar-refractivity contribution >= 4 is 5.65 Å².